The van der Waals surface area contributed by atoms with Crippen molar-refractivity contribution in [2.75, 3.05) is 23.3 Å². The molecule has 26 heavy (non-hydrogen) atoms. The molecule has 0 radical (unpaired) electrons. The average Bonchev–Trinajstić information content (AvgIpc) is 2.60. The molecule has 8 heteroatoms. The Morgan fingerprint density at radius 3 is 2.12 bits per heavy atom. The Balaban J connectivity index is 1.90. The van der Waals surface area contributed by atoms with Gasteiger partial charge in [-0.05, 0) is 68.5 Å². The fourth-order valence-electron chi connectivity index (χ4n) is 2.39. The smallest absolute Gasteiger partial charge is 0.269 e. The number of hydrogen-bond donors (Lipinski definition) is 3. The minimum Gasteiger partial charge on any atom is -0.372 e. The van der Waals surface area contributed by atoms with Gasteiger partial charge < -0.3 is 10.2 Å². The number of thiocarbonyl (C=S) groups is 1. The second-order valence-corrected chi connectivity index (χ2v) is 6.69. The van der Waals surface area contributed by atoms with Crippen LogP contribution in [0.25, 0.3) is 0 Å². The standard InChI is InChI=1S/C18H20Cl2N4OS/c1-3-24(4-2)16-7-5-12(6-8-16)17(25)22-23-18(26)21-15-10-13(19)9-14(20)11-15/h5-11H,3-4H2,1-2H3,(H,22,25)(H2,21,23,26). The summed E-state index contributed by atoms with van der Waals surface area (Å²) in [5.41, 5.74) is 7.44. The van der Waals surface area contributed by atoms with Crippen LogP contribution in [-0.2, 0) is 0 Å². The van der Waals surface area contributed by atoms with Gasteiger partial charge in [-0.1, -0.05) is 23.2 Å². The first-order valence-corrected chi connectivity index (χ1v) is 9.27. The van der Waals surface area contributed by atoms with Crippen molar-refractivity contribution in [2.45, 2.75) is 13.8 Å². The van der Waals surface area contributed by atoms with Crippen molar-refractivity contribution in [2.24, 2.45) is 0 Å². The Bertz CT molecular complexity index is 759. The third kappa shape index (κ3) is 5.76. The zero-order valence-corrected chi connectivity index (χ0v) is 16.8. The van der Waals surface area contributed by atoms with E-state index in [4.69, 9.17) is 35.4 Å². The number of hydrogen-bond acceptors (Lipinski definition) is 3. The Morgan fingerprint density at radius 2 is 1.58 bits per heavy atom. The average molecular weight is 411 g/mol. The predicted octanol–water partition coefficient (Wildman–Crippen LogP) is 4.47. The van der Waals surface area contributed by atoms with Crippen LogP contribution in [-0.4, -0.2) is 24.1 Å². The monoisotopic (exact) mass is 410 g/mol. The van der Waals surface area contributed by atoms with Crippen LogP contribution in [0.2, 0.25) is 10.0 Å². The van der Waals surface area contributed by atoms with Gasteiger partial charge in [0.25, 0.3) is 5.91 Å². The van der Waals surface area contributed by atoms with Crippen LogP contribution >= 0.6 is 35.4 Å². The molecule has 0 aromatic heterocycles. The molecule has 0 saturated carbocycles. The molecule has 3 N–H and O–H groups in total. The second-order valence-electron chi connectivity index (χ2n) is 5.41. The third-order valence-corrected chi connectivity index (χ3v) is 4.31. The summed E-state index contributed by atoms with van der Waals surface area (Å²) in [6, 6.07) is 12.4. The molecule has 2 aromatic rings. The van der Waals surface area contributed by atoms with E-state index in [-0.39, 0.29) is 11.0 Å². The number of carbonyl (C=O) groups is 1. The SMILES string of the molecule is CCN(CC)c1ccc(C(=O)NNC(=S)Nc2cc(Cl)cc(Cl)c2)cc1. The van der Waals surface area contributed by atoms with E-state index in [0.29, 0.717) is 21.3 Å². The zero-order chi connectivity index (χ0) is 19.1. The van der Waals surface area contributed by atoms with E-state index in [1.54, 1.807) is 30.3 Å². The van der Waals surface area contributed by atoms with Gasteiger partial charge >= 0.3 is 0 Å². The lowest BCUT2D eigenvalue weighted by Crippen LogP contribution is -2.43. The lowest BCUT2D eigenvalue weighted by atomic mass is 10.2. The molecule has 0 aliphatic heterocycles. The number of benzene rings is 2. The van der Waals surface area contributed by atoms with Gasteiger partial charge in [0.1, 0.15) is 0 Å². The molecule has 0 atom stereocenters. The highest BCUT2D eigenvalue weighted by Gasteiger charge is 2.08. The summed E-state index contributed by atoms with van der Waals surface area (Å²) >= 11 is 17.0. The van der Waals surface area contributed by atoms with Gasteiger partial charge in [-0.25, -0.2) is 0 Å². The van der Waals surface area contributed by atoms with Gasteiger partial charge in [0.2, 0.25) is 0 Å². The van der Waals surface area contributed by atoms with Crippen LogP contribution in [0.1, 0.15) is 24.2 Å². The third-order valence-electron chi connectivity index (χ3n) is 3.67. The molecule has 2 rings (SSSR count). The minimum absolute atomic E-state index is 0.219. The molecule has 0 saturated heterocycles. The lowest BCUT2D eigenvalue weighted by molar-refractivity contribution is 0.0944. The van der Waals surface area contributed by atoms with E-state index in [1.807, 2.05) is 12.1 Å². The predicted molar refractivity (Wildman–Crippen MR) is 113 cm³/mol. The summed E-state index contributed by atoms with van der Waals surface area (Å²) in [7, 11) is 0. The second kappa shape index (κ2) is 9.62. The topological polar surface area (TPSA) is 56.4 Å². The molecule has 0 bridgehead atoms. The Hall–Kier alpha value is -2.02. The number of carbonyl (C=O) groups excluding carboxylic acids is 1. The summed E-state index contributed by atoms with van der Waals surface area (Å²) in [6.07, 6.45) is 0. The fourth-order valence-corrected chi connectivity index (χ4v) is 3.08. The first-order chi connectivity index (χ1) is 12.4. The first kappa shape index (κ1) is 20.3. The molecule has 0 unspecified atom stereocenters. The van der Waals surface area contributed by atoms with Gasteiger partial charge in [-0.2, -0.15) is 0 Å². The number of nitrogens with zero attached hydrogens (tertiary/aromatic N) is 1. The zero-order valence-electron chi connectivity index (χ0n) is 14.5. The molecule has 1 amide bonds. The van der Waals surface area contributed by atoms with E-state index in [2.05, 4.69) is 34.9 Å². The highest BCUT2D eigenvalue weighted by Crippen LogP contribution is 2.22. The van der Waals surface area contributed by atoms with Crippen LogP contribution in [0.3, 0.4) is 0 Å². The maximum absolute atomic E-state index is 12.2. The van der Waals surface area contributed by atoms with E-state index >= 15 is 0 Å². The van der Waals surface area contributed by atoms with E-state index in [9.17, 15) is 4.79 Å². The van der Waals surface area contributed by atoms with Crippen molar-refractivity contribution >= 4 is 57.8 Å². The molecule has 2 aromatic carbocycles. The maximum Gasteiger partial charge on any atom is 0.269 e. The largest absolute Gasteiger partial charge is 0.372 e. The molecule has 5 nitrogen and oxygen atoms in total. The molecule has 0 aliphatic carbocycles. The number of rotatable bonds is 5. The summed E-state index contributed by atoms with van der Waals surface area (Å²) in [5.74, 6) is -0.288. The van der Waals surface area contributed by atoms with Crippen LogP contribution in [0, 0.1) is 0 Å². The number of anilines is 2. The molecular weight excluding hydrogens is 391 g/mol. The van der Waals surface area contributed by atoms with Crippen molar-refractivity contribution < 1.29 is 4.79 Å². The Morgan fingerprint density at radius 1 is 1.00 bits per heavy atom. The van der Waals surface area contributed by atoms with Gasteiger partial charge in [0.05, 0.1) is 0 Å². The van der Waals surface area contributed by atoms with Gasteiger partial charge in [-0.3, -0.25) is 15.6 Å². The number of amides is 1. The summed E-state index contributed by atoms with van der Waals surface area (Å²) in [5, 5.41) is 4.09. The van der Waals surface area contributed by atoms with Crippen molar-refractivity contribution in [1.82, 2.24) is 10.9 Å². The maximum atomic E-state index is 12.2. The van der Waals surface area contributed by atoms with E-state index in [1.165, 1.54) is 0 Å². The van der Waals surface area contributed by atoms with Crippen LogP contribution in [0.5, 0.6) is 0 Å². The molecular formula is C18H20Cl2N4OS. The summed E-state index contributed by atoms with van der Waals surface area (Å²) < 4.78 is 0. The summed E-state index contributed by atoms with van der Waals surface area (Å²) in [6.45, 7) is 6.01. The first-order valence-electron chi connectivity index (χ1n) is 8.11. The highest BCUT2D eigenvalue weighted by atomic mass is 35.5. The van der Waals surface area contributed by atoms with E-state index in [0.717, 1.165) is 18.8 Å². The van der Waals surface area contributed by atoms with Crippen LogP contribution < -0.4 is 21.1 Å². The molecule has 0 heterocycles. The van der Waals surface area contributed by atoms with Gasteiger partial charge in [0.15, 0.2) is 5.11 Å². The molecule has 0 aliphatic rings. The quantitative estimate of drug-likeness (QED) is 0.501. The van der Waals surface area contributed by atoms with Crippen LogP contribution in [0.4, 0.5) is 11.4 Å². The van der Waals surface area contributed by atoms with Gasteiger partial charge in [0, 0.05) is 40.1 Å². The van der Waals surface area contributed by atoms with Crippen molar-refractivity contribution in [3.8, 4) is 0 Å². The van der Waals surface area contributed by atoms with E-state index < -0.39 is 0 Å². The van der Waals surface area contributed by atoms with Gasteiger partial charge in [-0.15, -0.1) is 0 Å². The van der Waals surface area contributed by atoms with Crippen molar-refractivity contribution in [3.63, 3.8) is 0 Å². The highest BCUT2D eigenvalue weighted by molar-refractivity contribution is 7.80. The fraction of sp³-hybridized carbons (Fsp3) is 0.222. The van der Waals surface area contributed by atoms with Crippen molar-refractivity contribution in [1.29, 1.82) is 0 Å². The Kier molecular flexibility index (Phi) is 7.50. The number of halogens is 2. The molecule has 138 valence electrons. The molecule has 0 spiro atoms. The lowest BCUT2D eigenvalue weighted by Gasteiger charge is -2.21. The minimum atomic E-state index is -0.288. The van der Waals surface area contributed by atoms with Crippen molar-refractivity contribution in [3.05, 3.63) is 58.1 Å². The summed E-state index contributed by atoms with van der Waals surface area (Å²) in [4.78, 5) is 14.4. The van der Waals surface area contributed by atoms with Crippen LogP contribution in [0.15, 0.2) is 42.5 Å². The Labute approximate surface area is 168 Å². The molecule has 0 fully saturated rings. The normalized spacial score (nSPS) is 10.2. The number of nitrogens with one attached hydrogen (secondary N) is 3. The number of hydrazine groups is 1.